The molecule has 0 radical (unpaired) electrons. The van der Waals surface area contributed by atoms with Gasteiger partial charge in [-0.3, -0.25) is 0 Å². The molecule has 0 fully saturated rings. The van der Waals surface area contributed by atoms with Crippen LogP contribution in [-0.4, -0.2) is 4.98 Å². The van der Waals surface area contributed by atoms with Gasteiger partial charge in [0, 0.05) is 5.56 Å². The van der Waals surface area contributed by atoms with Crippen molar-refractivity contribution in [2.45, 2.75) is 19.8 Å². The number of benzene rings is 1. The molecule has 0 amide bonds. The molecule has 2 nitrogen and oxygen atoms in total. The lowest BCUT2D eigenvalue weighted by atomic mass is 10.2. The van der Waals surface area contributed by atoms with Gasteiger partial charge in [-0.25, -0.2) is 4.98 Å². The van der Waals surface area contributed by atoms with Crippen LogP contribution in [0, 0.1) is 0 Å². The first-order valence-electron chi connectivity index (χ1n) is 5.12. The minimum absolute atomic E-state index is 0.824. The van der Waals surface area contributed by atoms with Crippen molar-refractivity contribution in [3.63, 3.8) is 0 Å². The molecule has 3 heteroatoms. The van der Waals surface area contributed by atoms with Gasteiger partial charge in [-0.1, -0.05) is 37.3 Å². The quantitative estimate of drug-likeness (QED) is 0.858. The van der Waals surface area contributed by atoms with Crippen LogP contribution in [0.5, 0.6) is 0 Å². The van der Waals surface area contributed by atoms with Crippen LogP contribution in [0.1, 0.15) is 18.4 Å². The van der Waals surface area contributed by atoms with Gasteiger partial charge in [0.25, 0.3) is 0 Å². The molecule has 0 bridgehead atoms. The standard InChI is InChI=1S/C12H14N2S/c1-2-6-10-14-11(12(13)15-10)9-7-4-3-5-8-9/h3-5,7-8H,2,6,13H2,1H3. The maximum Gasteiger partial charge on any atom is 0.114 e. The highest BCUT2D eigenvalue weighted by Crippen LogP contribution is 2.30. The van der Waals surface area contributed by atoms with E-state index in [-0.39, 0.29) is 0 Å². The van der Waals surface area contributed by atoms with E-state index >= 15 is 0 Å². The monoisotopic (exact) mass is 218 g/mol. The lowest BCUT2D eigenvalue weighted by Gasteiger charge is -1.96. The number of anilines is 1. The summed E-state index contributed by atoms with van der Waals surface area (Å²) in [4.78, 5) is 4.56. The number of aromatic nitrogens is 1. The summed E-state index contributed by atoms with van der Waals surface area (Å²) in [5, 5.41) is 1.96. The molecule has 2 N–H and O–H groups in total. The van der Waals surface area contributed by atoms with E-state index in [2.05, 4.69) is 11.9 Å². The third-order valence-electron chi connectivity index (χ3n) is 2.21. The number of hydrogen-bond donors (Lipinski definition) is 1. The maximum absolute atomic E-state index is 5.96. The minimum Gasteiger partial charge on any atom is -0.389 e. The fraction of sp³-hybridized carbons (Fsp3) is 0.250. The molecular weight excluding hydrogens is 204 g/mol. The van der Waals surface area contributed by atoms with E-state index in [1.165, 1.54) is 0 Å². The van der Waals surface area contributed by atoms with Crippen molar-refractivity contribution in [2.75, 3.05) is 5.73 Å². The Hall–Kier alpha value is -1.35. The van der Waals surface area contributed by atoms with Gasteiger partial charge in [0.1, 0.15) is 10.7 Å². The number of rotatable bonds is 3. The van der Waals surface area contributed by atoms with E-state index in [0.717, 1.165) is 34.1 Å². The number of nitrogens with zero attached hydrogens (tertiary/aromatic N) is 1. The Kier molecular flexibility index (Phi) is 3.02. The van der Waals surface area contributed by atoms with Gasteiger partial charge in [0.05, 0.1) is 5.01 Å². The predicted molar refractivity (Wildman–Crippen MR) is 66.0 cm³/mol. The second-order valence-corrected chi connectivity index (χ2v) is 4.55. The van der Waals surface area contributed by atoms with E-state index in [1.54, 1.807) is 11.3 Å². The zero-order valence-electron chi connectivity index (χ0n) is 8.73. The zero-order valence-corrected chi connectivity index (χ0v) is 9.55. The average Bonchev–Trinajstić information content (AvgIpc) is 2.61. The molecule has 0 spiro atoms. The lowest BCUT2D eigenvalue weighted by Crippen LogP contribution is -1.85. The molecule has 2 aromatic rings. The Morgan fingerprint density at radius 3 is 2.67 bits per heavy atom. The van der Waals surface area contributed by atoms with Gasteiger partial charge in [0.15, 0.2) is 0 Å². The molecule has 0 saturated carbocycles. The molecule has 0 saturated heterocycles. The van der Waals surface area contributed by atoms with Crippen molar-refractivity contribution < 1.29 is 0 Å². The summed E-state index contributed by atoms with van der Waals surface area (Å²) >= 11 is 1.60. The topological polar surface area (TPSA) is 38.9 Å². The highest BCUT2D eigenvalue weighted by molar-refractivity contribution is 7.16. The van der Waals surface area contributed by atoms with E-state index in [0.29, 0.717) is 0 Å². The van der Waals surface area contributed by atoms with Crippen LogP contribution in [0.15, 0.2) is 30.3 Å². The molecule has 1 aromatic heterocycles. The largest absolute Gasteiger partial charge is 0.389 e. The Balaban J connectivity index is 2.36. The van der Waals surface area contributed by atoms with Gasteiger partial charge >= 0.3 is 0 Å². The fourth-order valence-corrected chi connectivity index (χ4v) is 2.46. The molecule has 0 aliphatic heterocycles. The number of nitrogen functional groups attached to an aromatic ring is 1. The van der Waals surface area contributed by atoms with Crippen molar-refractivity contribution in [1.82, 2.24) is 4.98 Å². The third kappa shape index (κ3) is 2.18. The number of aryl methyl sites for hydroxylation is 1. The first-order chi connectivity index (χ1) is 7.31. The number of nitrogens with two attached hydrogens (primary N) is 1. The summed E-state index contributed by atoms with van der Waals surface area (Å²) in [6.45, 7) is 2.15. The van der Waals surface area contributed by atoms with Crippen LogP contribution in [0.25, 0.3) is 11.3 Å². The van der Waals surface area contributed by atoms with Gasteiger partial charge in [-0.2, -0.15) is 0 Å². The molecule has 0 unspecified atom stereocenters. The smallest absolute Gasteiger partial charge is 0.114 e. The summed E-state index contributed by atoms with van der Waals surface area (Å²) in [6.07, 6.45) is 2.13. The second kappa shape index (κ2) is 4.45. The first-order valence-corrected chi connectivity index (χ1v) is 5.93. The maximum atomic E-state index is 5.96. The van der Waals surface area contributed by atoms with E-state index in [4.69, 9.17) is 5.73 Å². The highest BCUT2D eigenvalue weighted by Gasteiger charge is 2.09. The van der Waals surface area contributed by atoms with Gasteiger partial charge in [0.2, 0.25) is 0 Å². The van der Waals surface area contributed by atoms with Crippen LogP contribution in [0.2, 0.25) is 0 Å². The molecule has 0 aliphatic carbocycles. The van der Waals surface area contributed by atoms with E-state index in [1.807, 2.05) is 30.3 Å². The summed E-state index contributed by atoms with van der Waals surface area (Å²) in [6, 6.07) is 10.1. The summed E-state index contributed by atoms with van der Waals surface area (Å²) < 4.78 is 0. The predicted octanol–water partition coefficient (Wildman–Crippen LogP) is 3.34. The molecule has 1 heterocycles. The molecular formula is C12H14N2S. The lowest BCUT2D eigenvalue weighted by molar-refractivity contribution is 0.910. The minimum atomic E-state index is 0.824. The van der Waals surface area contributed by atoms with Crippen molar-refractivity contribution in [3.8, 4) is 11.3 Å². The first kappa shape index (κ1) is 10.2. The second-order valence-electron chi connectivity index (χ2n) is 3.44. The molecule has 2 rings (SSSR count). The van der Waals surface area contributed by atoms with Crippen molar-refractivity contribution >= 4 is 16.3 Å². The van der Waals surface area contributed by atoms with Crippen molar-refractivity contribution in [3.05, 3.63) is 35.3 Å². The van der Waals surface area contributed by atoms with Gasteiger partial charge in [-0.05, 0) is 12.8 Å². The van der Waals surface area contributed by atoms with Crippen LogP contribution in [0.4, 0.5) is 5.00 Å². The molecule has 0 aliphatic rings. The third-order valence-corrected chi connectivity index (χ3v) is 3.15. The Morgan fingerprint density at radius 1 is 1.27 bits per heavy atom. The highest BCUT2D eigenvalue weighted by atomic mass is 32.1. The van der Waals surface area contributed by atoms with Crippen LogP contribution >= 0.6 is 11.3 Å². The van der Waals surface area contributed by atoms with Gasteiger partial charge in [-0.15, -0.1) is 11.3 Å². The van der Waals surface area contributed by atoms with Crippen molar-refractivity contribution in [1.29, 1.82) is 0 Å². The van der Waals surface area contributed by atoms with Crippen LogP contribution in [0.3, 0.4) is 0 Å². The van der Waals surface area contributed by atoms with E-state index < -0.39 is 0 Å². The Morgan fingerprint density at radius 2 is 2.00 bits per heavy atom. The fourth-order valence-electron chi connectivity index (χ4n) is 1.50. The van der Waals surface area contributed by atoms with Gasteiger partial charge < -0.3 is 5.73 Å². The normalized spacial score (nSPS) is 10.5. The summed E-state index contributed by atoms with van der Waals surface area (Å²) in [5.41, 5.74) is 8.00. The van der Waals surface area contributed by atoms with E-state index in [9.17, 15) is 0 Å². The Bertz CT molecular complexity index is 434. The Labute approximate surface area is 93.8 Å². The average molecular weight is 218 g/mol. The molecule has 0 atom stereocenters. The summed E-state index contributed by atoms with van der Waals surface area (Å²) in [5.74, 6) is 0. The zero-order chi connectivity index (χ0) is 10.7. The van der Waals surface area contributed by atoms with Crippen molar-refractivity contribution in [2.24, 2.45) is 0 Å². The number of hydrogen-bond acceptors (Lipinski definition) is 3. The van der Waals surface area contributed by atoms with Crippen LogP contribution < -0.4 is 5.73 Å². The molecule has 78 valence electrons. The van der Waals surface area contributed by atoms with Crippen LogP contribution in [-0.2, 0) is 6.42 Å². The molecule has 15 heavy (non-hydrogen) atoms. The summed E-state index contributed by atoms with van der Waals surface area (Å²) in [7, 11) is 0. The number of thiazole rings is 1. The molecule has 1 aromatic carbocycles. The SMILES string of the molecule is CCCc1nc(-c2ccccc2)c(N)s1.